The number of nitrogens with one attached hydrogen (secondary N) is 1. The van der Waals surface area contributed by atoms with Gasteiger partial charge in [0.15, 0.2) is 17.5 Å². The normalized spacial score (nSPS) is 16.0. The number of hydrogen-bond donors (Lipinski definition) is 5. The van der Waals surface area contributed by atoms with Crippen LogP contribution in [0.1, 0.15) is 52.0 Å². The molecule has 0 saturated carbocycles. The van der Waals surface area contributed by atoms with Crippen LogP contribution in [0, 0.1) is 5.92 Å². The Kier molecular flexibility index (Phi) is 9.25. The van der Waals surface area contributed by atoms with Gasteiger partial charge >= 0.3 is 17.9 Å². The lowest BCUT2D eigenvalue weighted by atomic mass is 9.94. The average molecular weight is 582 g/mol. The van der Waals surface area contributed by atoms with Crippen LogP contribution in [0.15, 0.2) is 41.4 Å². The number of likely N-dealkylation sites (tertiary alicyclic amines) is 1. The third kappa shape index (κ3) is 7.13. The number of carbonyl (C=O) groups excluding carboxylic acids is 3. The van der Waals surface area contributed by atoms with Gasteiger partial charge in [-0.2, -0.15) is 0 Å². The molecule has 42 heavy (non-hydrogen) atoms. The van der Waals surface area contributed by atoms with Crippen LogP contribution in [-0.4, -0.2) is 76.5 Å². The number of carbonyl (C=O) groups is 5. The first-order chi connectivity index (χ1) is 20.0. The smallest absolute Gasteiger partial charge is 0.343 e. The summed E-state index contributed by atoms with van der Waals surface area (Å²) < 4.78 is 11.6. The molecule has 1 atom stereocenters. The summed E-state index contributed by atoms with van der Waals surface area (Å²) >= 11 is 0. The summed E-state index contributed by atoms with van der Waals surface area (Å²) in [6.45, 7) is 0.620. The van der Waals surface area contributed by atoms with Gasteiger partial charge in [0.1, 0.15) is 6.04 Å². The molecule has 2 aromatic rings. The number of piperidine rings is 1. The summed E-state index contributed by atoms with van der Waals surface area (Å²) in [7, 11) is 0. The van der Waals surface area contributed by atoms with Gasteiger partial charge in [0.05, 0.1) is 29.8 Å². The molecule has 0 aromatic heterocycles. The van der Waals surface area contributed by atoms with Crippen molar-refractivity contribution < 1.29 is 43.7 Å². The zero-order chi connectivity index (χ0) is 30.4. The van der Waals surface area contributed by atoms with Gasteiger partial charge in [0.25, 0.3) is 5.91 Å². The standard InChI is InChI=1S/C28H31N5O9/c29-28(30)31-17-6-7-18-16(13-17)3-2-12-41-23-19(4-1-5-21(23)42-27(18)40)25(37)33-10-8-15(9-11-33)24(36)32-20(26(38)39)14-22(34)35/h1,4-7,13,15,20H,2-3,8-12,14H2,(H,32,36)(H,34,35)(H,38,39)(H4,29,30,31). The highest BCUT2D eigenvalue weighted by Crippen LogP contribution is 2.35. The van der Waals surface area contributed by atoms with E-state index < -0.39 is 42.2 Å². The zero-order valence-corrected chi connectivity index (χ0v) is 22.6. The molecule has 2 amide bonds. The van der Waals surface area contributed by atoms with E-state index in [-0.39, 0.29) is 61.5 Å². The number of guanidine groups is 1. The Balaban J connectivity index is 1.47. The fourth-order valence-corrected chi connectivity index (χ4v) is 4.89. The minimum absolute atomic E-state index is 0.0828. The molecule has 2 heterocycles. The molecule has 222 valence electrons. The number of rotatable bonds is 7. The lowest BCUT2D eigenvalue weighted by molar-refractivity contribution is -0.147. The third-order valence-corrected chi connectivity index (χ3v) is 6.96. The van der Waals surface area contributed by atoms with Gasteiger partial charge in [-0.15, -0.1) is 0 Å². The van der Waals surface area contributed by atoms with Crippen LogP contribution >= 0.6 is 0 Å². The van der Waals surface area contributed by atoms with Crippen LogP contribution in [0.2, 0.25) is 0 Å². The maximum atomic E-state index is 13.5. The van der Waals surface area contributed by atoms with E-state index in [2.05, 4.69) is 10.3 Å². The Morgan fingerprint density at radius 2 is 1.83 bits per heavy atom. The van der Waals surface area contributed by atoms with Gasteiger partial charge in [-0.25, -0.2) is 14.6 Å². The molecule has 2 aromatic carbocycles. The molecule has 0 bridgehead atoms. The van der Waals surface area contributed by atoms with Crippen molar-refractivity contribution in [1.82, 2.24) is 10.2 Å². The molecular weight excluding hydrogens is 550 g/mol. The molecule has 14 heteroatoms. The Bertz CT molecular complexity index is 1430. The Hall–Kier alpha value is -5.14. The van der Waals surface area contributed by atoms with E-state index in [1.54, 1.807) is 30.3 Å². The number of aliphatic imine (C=N–C) groups is 1. The van der Waals surface area contributed by atoms with E-state index in [4.69, 9.17) is 26.0 Å². The van der Waals surface area contributed by atoms with Crippen molar-refractivity contribution in [1.29, 1.82) is 0 Å². The number of carboxylic acids is 2. The largest absolute Gasteiger partial charge is 0.489 e. The summed E-state index contributed by atoms with van der Waals surface area (Å²) in [4.78, 5) is 67.0. The van der Waals surface area contributed by atoms with Crippen molar-refractivity contribution in [3.05, 3.63) is 53.1 Å². The number of aliphatic carboxylic acids is 2. The quantitative estimate of drug-likeness (QED) is 0.134. The highest BCUT2D eigenvalue weighted by atomic mass is 16.6. The molecular formula is C28H31N5O9. The molecule has 0 spiro atoms. The topological polar surface area (TPSA) is 224 Å². The van der Waals surface area contributed by atoms with Crippen molar-refractivity contribution in [3.8, 4) is 11.5 Å². The maximum absolute atomic E-state index is 13.5. The summed E-state index contributed by atoms with van der Waals surface area (Å²) in [6, 6.07) is 8.02. The highest BCUT2D eigenvalue weighted by molar-refractivity contribution is 5.99. The first-order valence-corrected chi connectivity index (χ1v) is 13.3. The number of nitrogens with two attached hydrogens (primary N) is 2. The molecule has 2 aliphatic rings. The number of hydrogen-bond acceptors (Lipinski definition) is 8. The third-order valence-electron chi connectivity index (χ3n) is 6.96. The van der Waals surface area contributed by atoms with Crippen LogP contribution in [-0.2, 0) is 20.8 Å². The zero-order valence-electron chi connectivity index (χ0n) is 22.6. The molecule has 0 aliphatic carbocycles. The predicted octanol–water partition coefficient (Wildman–Crippen LogP) is 1.03. The molecule has 2 aliphatic heterocycles. The van der Waals surface area contributed by atoms with Crippen LogP contribution < -0.4 is 26.3 Å². The van der Waals surface area contributed by atoms with E-state index in [0.717, 1.165) is 0 Å². The lowest BCUT2D eigenvalue weighted by Gasteiger charge is -2.32. The number of ether oxygens (including phenoxy) is 2. The first-order valence-electron chi connectivity index (χ1n) is 13.3. The number of carboxylic acid groups (broad SMARTS) is 2. The van der Waals surface area contributed by atoms with Crippen molar-refractivity contribution in [2.75, 3.05) is 19.7 Å². The molecule has 7 N–H and O–H groups in total. The fraction of sp³-hybridized carbons (Fsp3) is 0.357. The minimum Gasteiger partial charge on any atom is -0.489 e. The summed E-state index contributed by atoms with van der Waals surface area (Å²) in [5, 5.41) is 20.4. The maximum Gasteiger partial charge on any atom is 0.343 e. The van der Waals surface area contributed by atoms with Gasteiger partial charge in [0, 0.05) is 19.0 Å². The van der Waals surface area contributed by atoms with Crippen molar-refractivity contribution in [3.63, 3.8) is 0 Å². The Morgan fingerprint density at radius 3 is 2.50 bits per heavy atom. The van der Waals surface area contributed by atoms with Gasteiger partial charge < -0.3 is 41.4 Å². The predicted molar refractivity (Wildman–Crippen MR) is 148 cm³/mol. The average Bonchev–Trinajstić information content (AvgIpc) is 2.94. The van der Waals surface area contributed by atoms with E-state index in [9.17, 15) is 29.1 Å². The van der Waals surface area contributed by atoms with Crippen LogP contribution in [0.25, 0.3) is 0 Å². The molecule has 1 unspecified atom stereocenters. The lowest BCUT2D eigenvalue weighted by Crippen LogP contribution is -2.48. The van der Waals surface area contributed by atoms with Crippen molar-refractivity contribution in [2.24, 2.45) is 22.4 Å². The van der Waals surface area contributed by atoms with E-state index in [0.29, 0.717) is 29.7 Å². The van der Waals surface area contributed by atoms with Crippen molar-refractivity contribution in [2.45, 2.75) is 38.1 Å². The second kappa shape index (κ2) is 13.0. The second-order valence-electron chi connectivity index (χ2n) is 9.92. The van der Waals surface area contributed by atoms with Gasteiger partial charge in [-0.1, -0.05) is 6.07 Å². The summed E-state index contributed by atoms with van der Waals surface area (Å²) in [5.41, 5.74) is 12.6. The molecule has 1 fully saturated rings. The SMILES string of the molecule is NC(N)=Nc1ccc2c(c1)CCCOc1c(cccc1C(=O)N1CCC(C(=O)NC(CC(=O)O)C(=O)O)CC1)OC2=O. The summed E-state index contributed by atoms with van der Waals surface area (Å²) in [6.07, 6.45) is 0.745. The van der Waals surface area contributed by atoms with E-state index in [1.807, 2.05) is 0 Å². The van der Waals surface area contributed by atoms with Gasteiger partial charge in [0.2, 0.25) is 5.91 Å². The number of para-hydroxylation sites is 1. The highest BCUT2D eigenvalue weighted by Gasteiger charge is 2.33. The van der Waals surface area contributed by atoms with E-state index >= 15 is 0 Å². The number of nitrogens with zero attached hydrogens (tertiary/aromatic N) is 2. The Morgan fingerprint density at radius 1 is 1.10 bits per heavy atom. The first kappa shape index (κ1) is 29.8. The molecule has 1 saturated heterocycles. The van der Waals surface area contributed by atoms with Crippen LogP contribution in [0.4, 0.5) is 5.69 Å². The number of aryl methyl sites for hydroxylation is 1. The summed E-state index contributed by atoms with van der Waals surface area (Å²) in [5.74, 6) is -4.85. The number of benzene rings is 2. The molecule has 14 nitrogen and oxygen atoms in total. The van der Waals surface area contributed by atoms with Crippen LogP contribution in [0.3, 0.4) is 0 Å². The monoisotopic (exact) mass is 581 g/mol. The van der Waals surface area contributed by atoms with E-state index in [1.165, 1.54) is 11.0 Å². The van der Waals surface area contributed by atoms with Crippen molar-refractivity contribution >= 4 is 41.4 Å². The van der Waals surface area contributed by atoms with Gasteiger partial charge in [-0.05, 0) is 61.6 Å². The molecule has 4 rings (SSSR count). The molecule has 0 radical (unpaired) electrons. The number of amides is 2. The number of esters is 1. The fourth-order valence-electron chi connectivity index (χ4n) is 4.89. The minimum atomic E-state index is -1.54. The Labute approximate surface area is 240 Å². The number of fused-ring (bicyclic) bond motifs is 2. The van der Waals surface area contributed by atoms with Crippen LogP contribution in [0.5, 0.6) is 11.5 Å². The van der Waals surface area contributed by atoms with Gasteiger partial charge in [-0.3, -0.25) is 14.4 Å². The second-order valence-corrected chi connectivity index (χ2v) is 9.92.